The Morgan fingerprint density at radius 1 is 1.00 bits per heavy atom. The van der Waals surface area contributed by atoms with Gasteiger partial charge in [0.1, 0.15) is 17.5 Å². The molecule has 0 spiro atoms. The van der Waals surface area contributed by atoms with Crippen molar-refractivity contribution in [1.29, 1.82) is 0 Å². The van der Waals surface area contributed by atoms with Gasteiger partial charge in [0.2, 0.25) is 0 Å². The topological polar surface area (TPSA) is 12.0 Å². The molecule has 0 saturated carbocycles. The molecule has 0 aromatic heterocycles. The van der Waals surface area contributed by atoms with E-state index in [-0.39, 0.29) is 5.56 Å². The minimum Gasteiger partial charge on any atom is -0.310 e. The first-order chi connectivity index (χ1) is 10.1. The van der Waals surface area contributed by atoms with Gasteiger partial charge in [-0.1, -0.05) is 37.3 Å². The van der Waals surface area contributed by atoms with E-state index in [9.17, 15) is 13.2 Å². The SMILES string of the molecule is CCNC(CCc1ccccc1)c1c(F)cc(F)cc1F. The number of hydrogen-bond acceptors (Lipinski definition) is 1. The van der Waals surface area contributed by atoms with Crippen molar-refractivity contribution in [2.45, 2.75) is 25.8 Å². The van der Waals surface area contributed by atoms with E-state index in [1.54, 1.807) is 0 Å². The van der Waals surface area contributed by atoms with Crippen LogP contribution in [0.1, 0.15) is 30.5 Å². The van der Waals surface area contributed by atoms with Crippen LogP contribution in [0.15, 0.2) is 42.5 Å². The van der Waals surface area contributed by atoms with Gasteiger partial charge in [-0.25, -0.2) is 13.2 Å². The molecule has 0 fully saturated rings. The van der Waals surface area contributed by atoms with Gasteiger partial charge in [0.05, 0.1) is 0 Å². The smallest absolute Gasteiger partial charge is 0.133 e. The highest BCUT2D eigenvalue weighted by Gasteiger charge is 2.20. The third-order valence-electron chi connectivity index (χ3n) is 3.41. The Kier molecular flexibility index (Phi) is 5.39. The largest absolute Gasteiger partial charge is 0.310 e. The molecule has 2 aromatic carbocycles. The highest BCUT2D eigenvalue weighted by molar-refractivity contribution is 5.25. The molecule has 112 valence electrons. The fraction of sp³-hybridized carbons (Fsp3) is 0.294. The molecule has 21 heavy (non-hydrogen) atoms. The standard InChI is InChI=1S/C17H18F3N/c1-2-21-16(9-8-12-6-4-3-5-7-12)17-14(19)10-13(18)11-15(17)20/h3-7,10-11,16,21H,2,8-9H2,1H3. The maximum absolute atomic E-state index is 13.9. The van der Waals surface area contributed by atoms with Gasteiger partial charge in [-0.3, -0.25) is 0 Å². The first kappa shape index (κ1) is 15.6. The zero-order valence-electron chi connectivity index (χ0n) is 11.9. The van der Waals surface area contributed by atoms with Crippen molar-refractivity contribution in [3.05, 3.63) is 71.0 Å². The second-order valence-electron chi connectivity index (χ2n) is 4.92. The van der Waals surface area contributed by atoms with E-state index in [1.165, 1.54) is 0 Å². The van der Waals surface area contributed by atoms with E-state index >= 15 is 0 Å². The first-order valence-electron chi connectivity index (χ1n) is 7.03. The Balaban J connectivity index is 2.19. The predicted octanol–water partition coefficient (Wildman–Crippen LogP) is 4.39. The van der Waals surface area contributed by atoms with E-state index in [2.05, 4.69) is 5.32 Å². The molecule has 1 nitrogen and oxygen atoms in total. The van der Waals surface area contributed by atoms with E-state index in [0.29, 0.717) is 19.4 Å². The highest BCUT2D eigenvalue weighted by Crippen LogP contribution is 2.25. The molecular formula is C17H18F3N. The summed E-state index contributed by atoms with van der Waals surface area (Å²) in [5.74, 6) is -2.58. The van der Waals surface area contributed by atoms with Crippen LogP contribution in [0.3, 0.4) is 0 Å². The summed E-state index contributed by atoms with van der Waals surface area (Å²) in [6.07, 6.45) is 1.23. The molecule has 2 rings (SSSR count). The van der Waals surface area contributed by atoms with Crippen LogP contribution in [0, 0.1) is 17.5 Å². The molecular weight excluding hydrogens is 275 g/mol. The lowest BCUT2D eigenvalue weighted by Gasteiger charge is -2.20. The second kappa shape index (κ2) is 7.27. The van der Waals surface area contributed by atoms with Crippen LogP contribution in [0.2, 0.25) is 0 Å². The van der Waals surface area contributed by atoms with Crippen LogP contribution in [0.25, 0.3) is 0 Å². The molecule has 1 unspecified atom stereocenters. The summed E-state index contributed by atoms with van der Waals surface area (Å²) < 4.78 is 40.8. The van der Waals surface area contributed by atoms with Crippen LogP contribution >= 0.6 is 0 Å². The quantitative estimate of drug-likeness (QED) is 0.833. The normalized spacial score (nSPS) is 12.4. The first-order valence-corrected chi connectivity index (χ1v) is 7.03. The van der Waals surface area contributed by atoms with Gasteiger partial charge in [-0.05, 0) is 24.9 Å². The lowest BCUT2D eigenvalue weighted by atomic mass is 9.98. The fourth-order valence-corrected chi connectivity index (χ4v) is 2.44. The lowest BCUT2D eigenvalue weighted by molar-refractivity contribution is 0.446. The van der Waals surface area contributed by atoms with Crippen molar-refractivity contribution in [2.24, 2.45) is 0 Å². The van der Waals surface area contributed by atoms with Crippen LogP contribution in [-0.2, 0) is 6.42 Å². The average molecular weight is 293 g/mol. The summed E-state index contributed by atoms with van der Waals surface area (Å²) >= 11 is 0. The average Bonchev–Trinajstić information content (AvgIpc) is 2.45. The summed E-state index contributed by atoms with van der Waals surface area (Å²) in [5, 5.41) is 3.07. The third-order valence-corrected chi connectivity index (χ3v) is 3.41. The zero-order valence-corrected chi connectivity index (χ0v) is 11.9. The van der Waals surface area contributed by atoms with Gasteiger partial charge >= 0.3 is 0 Å². The number of rotatable bonds is 6. The molecule has 0 aliphatic heterocycles. The van der Waals surface area contributed by atoms with Crippen molar-refractivity contribution >= 4 is 0 Å². The van der Waals surface area contributed by atoms with E-state index in [4.69, 9.17) is 0 Å². The molecule has 1 N–H and O–H groups in total. The van der Waals surface area contributed by atoms with Crippen LogP contribution < -0.4 is 5.32 Å². The molecule has 0 aliphatic rings. The third kappa shape index (κ3) is 4.08. The molecule has 2 aromatic rings. The predicted molar refractivity (Wildman–Crippen MR) is 77.5 cm³/mol. The Morgan fingerprint density at radius 3 is 2.19 bits per heavy atom. The van der Waals surface area contributed by atoms with Crippen LogP contribution in [0.4, 0.5) is 13.2 Å². The second-order valence-corrected chi connectivity index (χ2v) is 4.92. The van der Waals surface area contributed by atoms with Crippen molar-refractivity contribution in [3.63, 3.8) is 0 Å². The molecule has 0 saturated heterocycles. The van der Waals surface area contributed by atoms with Gasteiger partial charge < -0.3 is 5.32 Å². The summed E-state index contributed by atoms with van der Waals surface area (Å²) in [5.41, 5.74) is 1.01. The van der Waals surface area contributed by atoms with Crippen LogP contribution in [0.5, 0.6) is 0 Å². The number of hydrogen-bond donors (Lipinski definition) is 1. The van der Waals surface area contributed by atoms with Gasteiger partial charge in [0, 0.05) is 23.7 Å². The monoisotopic (exact) mass is 293 g/mol. The van der Waals surface area contributed by atoms with Crippen LogP contribution in [-0.4, -0.2) is 6.54 Å². The number of benzene rings is 2. The Hall–Kier alpha value is -1.81. The number of halogens is 3. The van der Waals surface area contributed by atoms with E-state index in [0.717, 1.165) is 17.7 Å². The zero-order chi connectivity index (χ0) is 15.2. The van der Waals surface area contributed by atoms with Gasteiger partial charge in [-0.15, -0.1) is 0 Å². The Bertz CT molecular complexity index is 561. The fourth-order valence-electron chi connectivity index (χ4n) is 2.44. The molecule has 0 heterocycles. The Morgan fingerprint density at radius 2 is 1.62 bits per heavy atom. The summed E-state index contributed by atoms with van der Waals surface area (Å²) in [7, 11) is 0. The van der Waals surface area contributed by atoms with E-state index in [1.807, 2.05) is 37.3 Å². The van der Waals surface area contributed by atoms with Crippen molar-refractivity contribution < 1.29 is 13.2 Å². The number of nitrogens with one attached hydrogen (secondary N) is 1. The maximum Gasteiger partial charge on any atom is 0.133 e. The van der Waals surface area contributed by atoms with Crippen molar-refractivity contribution in [3.8, 4) is 0 Å². The lowest BCUT2D eigenvalue weighted by Crippen LogP contribution is -2.24. The van der Waals surface area contributed by atoms with E-state index < -0.39 is 23.5 Å². The summed E-state index contributed by atoms with van der Waals surface area (Å²) in [4.78, 5) is 0. The van der Waals surface area contributed by atoms with Gasteiger partial charge in [-0.2, -0.15) is 0 Å². The summed E-state index contributed by atoms with van der Waals surface area (Å²) in [6, 6.07) is 10.7. The maximum atomic E-state index is 13.9. The molecule has 0 radical (unpaired) electrons. The van der Waals surface area contributed by atoms with Crippen molar-refractivity contribution in [1.82, 2.24) is 5.32 Å². The Labute approximate surface area is 122 Å². The van der Waals surface area contributed by atoms with Crippen molar-refractivity contribution in [2.75, 3.05) is 6.54 Å². The summed E-state index contributed by atoms with van der Waals surface area (Å²) in [6.45, 7) is 2.45. The number of aryl methyl sites for hydroxylation is 1. The minimum absolute atomic E-state index is 0.0887. The molecule has 0 amide bonds. The molecule has 0 bridgehead atoms. The molecule has 4 heteroatoms. The van der Waals surface area contributed by atoms with Gasteiger partial charge in [0.25, 0.3) is 0 Å². The molecule has 0 aliphatic carbocycles. The van der Waals surface area contributed by atoms with Gasteiger partial charge in [0.15, 0.2) is 0 Å². The molecule has 1 atom stereocenters. The highest BCUT2D eigenvalue weighted by atomic mass is 19.1. The minimum atomic E-state index is -0.896.